The molecular formula is C24H25NO2. The van der Waals surface area contributed by atoms with Gasteiger partial charge in [-0.05, 0) is 35.7 Å². The highest BCUT2D eigenvalue weighted by molar-refractivity contribution is 5.78. The molecule has 0 aliphatic rings. The highest BCUT2D eigenvalue weighted by Gasteiger charge is 2.19. The lowest BCUT2D eigenvalue weighted by Gasteiger charge is -2.20. The molecule has 0 unspecified atom stereocenters. The van der Waals surface area contributed by atoms with Crippen molar-refractivity contribution in [2.24, 2.45) is 0 Å². The molecule has 2 atom stereocenters. The third-order valence-corrected chi connectivity index (χ3v) is 4.79. The van der Waals surface area contributed by atoms with Crippen LogP contribution in [0.25, 0.3) is 0 Å². The molecule has 0 heterocycles. The van der Waals surface area contributed by atoms with Crippen LogP contribution in [0.3, 0.4) is 0 Å². The van der Waals surface area contributed by atoms with Gasteiger partial charge < -0.3 is 10.1 Å². The molecule has 0 aliphatic carbocycles. The molecule has 1 N–H and O–H groups in total. The van der Waals surface area contributed by atoms with E-state index in [4.69, 9.17) is 4.74 Å². The van der Waals surface area contributed by atoms with Crippen LogP contribution < -0.4 is 10.1 Å². The minimum absolute atomic E-state index is 0.0000736. The number of ether oxygens (including phenoxy) is 1. The van der Waals surface area contributed by atoms with Crippen LogP contribution in [0.1, 0.15) is 42.0 Å². The summed E-state index contributed by atoms with van der Waals surface area (Å²) in [4.78, 5) is 12.8. The number of rotatable bonds is 7. The maximum absolute atomic E-state index is 12.8. The zero-order valence-electron chi connectivity index (χ0n) is 15.8. The Hall–Kier alpha value is -3.07. The predicted molar refractivity (Wildman–Crippen MR) is 109 cm³/mol. The van der Waals surface area contributed by atoms with Gasteiger partial charge in [-0.3, -0.25) is 4.79 Å². The standard InChI is InChI=1S/C24H25NO2/c1-18(19-9-5-3-6-10-19)25-24(26)17-23(20-11-7-4-8-12-20)21-13-15-22(27-2)16-14-21/h3-16,18,23H,17H2,1-2H3,(H,25,26)/t18-,23+/m1/s1. The van der Waals surface area contributed by atoms with Crippen LogP contribution in [0.4, 0.5) is 0 Å². The molecule has 27 heavy (non-hydrogen) atoms. The zero-order valence-corrected chi connectivity index (χ0v) is 15.8. The van der Waals surface area contributed by atoms with Crippen molar-refractivity contribution in [2.75, 3.05) is 7.11 Å². The van der Waals surface area contributed by atoms with Crippen LogP contribution >= 0.6 is 0 Å². The smallest absolute Gasteiger partial charge is 0.221 e. The summed E-state index contributed by atoms with van der Waals surface area (Å²) < 4.78 is 5.26. The summed E-state index contributed by atoms with van der Waals surface area (Å²) in [6.07, 6.45) is 0.396. The topological polar surface area (TPSA) is 38.3 Å². The molecule has 0 radical (unpaired) electrons. The Morgan fingerprint density at radius 2 is 1.33 bits per heavy atom. The van der Waals surface area contributed by atoms with E-state index in [9.17, 15) is 4.79 Å². The van der Waals surface area contributed by atoms with Crippen molar-refractivity contribution in [1.82, 2.24) is 5.32 Å². The Morgan fingerprint density at radius 3 is 1.89 bits per heavy atom. The molecule has 138 valence electrons. The van der Waals surface area contributed by atoms with Gasteiger partial charge in [-0.25, -0.2) is 0 Å². The van der Waals surface area contributed by atoms with Crippen LogP contribution in [0.15, 0.2) is 84.9 Å². The second kappa shape index (κ2) is 9.04. The fourth-order valence-electron chi connectivity index (χ4n) is 3.26. The molecule has 0 spiro atoms. The number of carbonyl (C=O) groups is 1. The van der Waals surface area contributed by atoms with E-state index in [-0.39, 0.29) is 17.9 Å². The maximum atomic E-state index is 12.8. The maximum Gasteiger partial charge on any atom is 0.221 e. The van der Waals surface area contributed by atoms with Crippen LogP contribution in [0.2, 0.25) is 0 Å². The SMILES string of the molecule is COc1ccc([C@@H](CC(=O)N[C@H](C)c2ccccc2)c2ccccc2)cc1. The second-order valence-electron chi connectivity index (χ2n) is 6.64. The molecule has 0 aromatic heterocycles. The number of benzene rings is 3. The van der Waals surface area contributed by atoms with Gasteiger partial charge in [0.25, 0.3) is 0 Å². The summed E-state index contributed by atoms with van der Waals surface area (Å²) in [7, 11) is 1.65. The van der Waals surface area contributed by atoms with Gasteiger partial charge in [0.2, 0.25) is 5.91 Å². The van der Waals surface area contributed by atoms with Gasteiger partial charge in [-0.2, -0.15) is 0 Å². The molecule has 3 heteroatoms. The van der Waals surface area contributed by atoms with Gasteiger partial charge in [-0.15, -0.1) is 0 Å². The van der Waals surface area contributed by atoms with Gasteiger partial charge in [0.1, 0.15) is 5.75 Å². The lowest BCUT2D eigenvalue weighted by molar-refractivity contribution is -0.121. The summed E-state index contributed by atoms with van der Waals surface area (Å²) in [5.74, 6) is 0.851. The number of methoxy groups -OCH3 is 1. The molecule has 0 fully saturated rings. The van der Waals surface area contributed by atoms with Crippen LogP contribution in [0, 0.1) is 0 Å². The third kappa shape index (κ3) is 4.98. The fourth-order valence-corrected chi connectivity index (χ4v) is 3.26. The minimum Gasteiger partial charge on any atom is -0.497 e. The summed E-state index contributed by atoms with van der Waals surface area (Å²) in [5, 5.41) is 3.13. The molecule has 1 amide bonds. The molecule has 0 bridgehead atoms. The minimum atomic E-state index is -0.0222. The van der Waals surface area contributed by atoms with Gasteiger partial charge in [0, 0.05) is 12.3 Å². The highest BCUT2D eigenvalue weighted by atomic mass is 16.5. The van der Waals surface area contributed by atoms with E-state index in [1.165, 1.54) is 0 Å². The largest absolute Gasteiger partial charge is 0.497 e. The van der Waals surface area contributed by atoms with Gasteiger partial charge in [0.15, 0.2) is 0 Å². The first-order valence-electron chi connectivity index (χ1n) is 9.20. The van der Waals surface area contributed by atoms with Crippen molar-refractivity contribution >= 4 is 5.91 Å². The lowest BCUT2D eigenvalue weighted by Crippen LogP contribution is -2.28. The zero-order chi connectivity index (χ0) is 19.1. The summed E-state index contributed by atoms with van der Waals surface area (Å²) in [6, 6.07) is 28.1. The summed E-state index contributed by atoms with van der Waals surface area (Å²) in [5.41, 5.74) is 3.33. The first-order chi connectivity index (χ1) is 13.2. The summed E-state index contributed by atoms with van der Waals surface area (Å²) in [6.45, 7) is 2.01. The number of nitrogens with one attached hydrogen (secondary N) is 1. The van der Waals surface area contributed by atoms with Gasteiger partial charge in [-0.1, -0.05) is 72.8 Å². The van der Waals surface area contributed by atoms with Crippen molar-refractivity contribution in [3.63, 3.8) is 0 Å². The van der Waals surface area contributed by atoms with Crippen molar-refractivity contribution in [1.29, 1.82) is 0 Å². The quantitative estimate of drug-likeness (QED) is 0.638. The van der Waals surface area contributed by atoms with E-state index < -0.39 is 0 Å². The first kappa shape index (κ1) is 18.7. The first-order valence-corrected chi connectivity index (χ1v) is 9.20. The third-order valence-electron chi connectivity index (χ3n) is 4.79. The van der Waals surface area contributed by atoms with E-state index >= 15 is 0 Å². The average Bonchev–Trinajstić information content (AvgIpc) is 2.73. The van der Waals surface area contributed by atoms with E-state index in [0.717, 1.165) is 22.4 Å². The Bertz CT molecular complexity index is 845. The molecule has 3 aromatic carbocycles. The average molecular weight is 359 g/mol. The fraction of sp³-hybridized carbons (Fsp3) is 0.208. The molecule has 0 saturated heterocycles. The van der Waals surface area contributed by atoms with E-state index in [1.54, 1.807) is 7.11 Å². The van der Waals surface area contributed by atoms with E-state index in [2.05, 4.69) is 17.4 Å². The Kier molecular flexibility index (Phi) is 6.26. The van der Waals surface area contributed by atoms with E-state index in [0.29, 0.717) is 6.42 Å². The number of hydrogen-bond acceptors (Lipinski definition) is 2. The Balaban J connectivity index is 1.77. The van der Waals surface area contributed by atoms with E-state index in [1.807, 2.05) is 79.7 Å². The van der Waals surface area contributed by atoms with Crippen molar-refractivity contribution < 1.29 is 9.53 Å². The number of hydrogen-bond donors (Lipinski definition) is 1. The Labute approximate surface area is 161 Å². The second-order valence-corrected chi connectivity index (χ2v) is 6.64. The number of carbonyl (C=O) groups excluding carboxylic acids is 1. The molecular weight excluding hydrogens is 334 g/mol. The molecule has 3 nitrogen and oxygen atoms in total. The lowest BCUT2D eigenvalue weighted by atomic mass is 9.88. The van der Waals surface area contributed by atoms with Crippen molar-refractivity contribution in [3.8, 4) is 5.75 Å². The van der Waals surface area contributed by atoms with Crippen molar-refractivity contribution in [2.45, 2.75) is 25.3 Å². The number of amides is 1. The molecule has 3 rings (SSSR count). The normalized spacial score (nSPS) is 12.8. The van der Waals surface area contributed by atoms with Gasteiger partial charge >= 0.3 is 0 Å². The van der Waals surface area contributed by atoms with Crippen LogP contribution in [-0.4, -0.2) is 13.0 Å². The van der Waals surface area contributed by atoms with Gasteiger partial charge in [0.05, 0.1) is 13.2 Å². The highest BCUT2D eigenvalue weighted by Crippen LogP contribution is 2.29. The molecule has 0 saturated carbocycles. The predicted octanol–water partition coefficient (Wildman–Crippen LogP) is 5.09. The van der Waals surface area contributed by atoms with Crippen molar-refractivity contribution in [3.05, 3.63) is 102 Å². The van der Waals surface area contributed by atoms with Crippen LogP contribution in [-0.2, 0) is 4.79 Å². The van der Waals surface area contributed by atoms with Crippen LogP contribution in [0.5, 0.6) is 5.75 Å². The molecule has 3 aromatic rings. The monoisotopic (exact) mass is 359 g/mol. The Morgan fingerprint density at radius 1 is 0.815 bits per heavy atom. The summed E-state index contributed by atoms with van der Waals surface area (Å²) >= 11 is 0. The molecule has 0 aliphatic heterocycles.